The molecule has 1 aromatic heterocycles. The molecule has 0 radical (unpaired) electrons. The van der Waals surface area contributed by atoms with Crippen LogP contribution >= 0.6 is 0 Å². The fourth-order valence-electron chi connectivity index (χ4n) is 3.60. The van der Waals surface area contributed by atoms with Crippen molar-refractivity contribution in [2.45, 2.75) is 30.8 Å². The Morgan fingerprint density at radius 2 is 1.86 bits per heavy atom. The molecule has 2 heterocycles. The molecular formula is C21H23N3O4S. The van der Waals surface area contributed by atoms with Crippen molar-refractivity contribution in [1.82, 2.24) is 14.5 Å². The largest absolute Gasteiger partial charge is 0.496 e. The zero-order valence-corrected chi connectivity index (χ0v) is 17.2. The second-order valence-electron chi connectivity index (χ2n) is 7.09. The Bertz CT molecular complexity index is 1120. The SMILES string of the molecule is COc1ccc(S(=O)(=O)N2CCC(Oc3nncc4ccccc34)CC2)cc1C. The van der Waals surface area contributed by atoms with Crippen molar-refractivity contribution in [3.63, 3.8) is 0 Å². The van der Waals surface area contributed by atoms with E-state index in [1.165, 1.54) is 4.31 Å². The lowest BCUT2D eigenvalue weighted by Crippen LogP contribution is -2.41. The van der Waals surface area contributed by atoms with Gasteiger partial charge in [0, 0.05) is 23.9 Å². The first-order valence-electron chi connectivity index (χ1n) is 9.51. The molecule has 0 amide bonds. The molecule has 8 heteroatoms. The van der Waals surface area contributed by atoms with Crippen LogP contribution in [0.4, 0.5) is 0 Å². The summed E-state index contributed by atoms with van der Waals surface area (Å²) in [6.45, 7) is 2.63. The first-order chi connectivity index (χ1) is 14.0. The Morgan fingerprint density at radius 1 is 1.10 bits per heavy atom. The minimum absolute atomic E-state index is 0.0980. The van der Waals surface area contributed by atoms with E-state index >= 15 is 0 Å². The van der Waals surface area contributed by atoms with Crippen LogP contribution in [0, 0.1) is 6.92 Å². The lowest BCUT2D eigenvalue weighted by atomic mass is 10.1. The van der Waals surface area contributed by atoms with Crippen molar-refractivity contribution in [3.05, 3.63) is 54.2 Å². The average molecular weight is 413 g/mol. The second kappa shape index (κ2) is 7.96. The van der Waals surface area contributed by atoms with Crippen LogP contribution in [0.2, 0.25) is 0 Å². The van der Waals surface area contributed by atoms with Gasteiger partial charge in [0.25, 0.3) is 0 Å². The number of aryl methyl sites for hydroxylation is 1. The van der Waals surface area contributed by atoms with Gasteiger partial charge < -0.3 is 9.47 Å². The van der Waals surface area contributed by atoms with Crippen LogP contribution in [0.15, 0.2) is 53.6 Å². The predicted molar refractivity (Wildman–Crippen MR) is 110 cm³/mol. The molecule has 29 heavy (non-hydrogen) atoms. The van der Waals surface area contributed by atoms with Crippen molar-refractivity contribution in [1.29, 1.82) is 0 Å². The van der Waals surface area contributed by atoms with Crippen molar-refractivity contribution in [2.24, 2.45) is 0 Å². The van der Waals surface area contributed by atoms with Gasteiger partial charge in [0.05, 0.1) is 18.2 Å². The number of piperidine rings is 1. The molecule has 0 spiro atoms. The second-order valence-corrected chi connectivity index (χ2v) is 9.03. The summed E-state index contributed by atoms with van der Waals surface area (Å²) in [6.07, 6.45) is 2.80. The molecular weight excluding hydrogens is 390 g/mol. The van der Waals surface area contributed by atoms with Crippen LogP contribution in [-0.4, -0.2) is 49.2 Å². The summed E-state index contributed by atoms with van der Waals surface area (Å²) in [5.41, 5.74) is 0.793. The smallest absolute Gasteiger partial charge is 0.243 e. The summed E-state index contributed by atoms with van der Waals surface area (Å²) in [7, 11) is -1.98. The highest BCUT2D eigenvalue weighted by atomic mass is 32.2. The monoisotopic (exact) mass is 413 g/mol. The number of hydrogen-bond donors (Lipinski definition) is 0. The normalized spacial score (nSPS) is 16.1. The van der Waals surface area contributed by atoms with E-state index in [2.05, 4.69) is 10.2 Å². The number of fused-ring (bicyclic) bond motifs is 1. The van der Waals surface area contributed by atoms with Gasteiger partial charge in [-0.2, -0.15) is 9.40 Å². The fourth-order valence-corrected chi connectivity index (χ4v) is 5.15. The van der Waals surface area contributed by atoms with Gasteiger partial charge in [-0.25, -0.2) is 8.42 Å². The Labute approximate surface area is 170 Å². The number of methoxy groups -OCH3 is 1. The topological polar surface area (TPSA) is 81.6 Å². The Morgan fingerprint density at radius 3 is 2.59 bits per heavy atom. The molecule has 0 unspecified atom stereocenters. The quantitative estimate of drug-likeness (QED) is 0.639. The van der Waals surface area contributed by atoms with Crippen LogP contribution in [0.5, 0.6) is 11.6 Å². The molecule has 1 aliphatic heterocycles. The van der Waals surface area contributed by atoms with E-state index in [1.807, 2.05) is 31.2 Å². The van der Waals surface area contributed by atoms with Gasteiger partial charge in [-0.3, -0.25) is 0 Å². The molecule has 4 rings (SSSR count). The first-order valence-corrected chi connectivity index (χ1v) is 10.9. The zero-order chi connectivity index (χ0) is 20.4. The van der Waals surface area contributed by atoms with E-state index in [4.69, 9.17) is 9.47 Å². The van der Waals surface area contributed by atoms with Gasteiger partial charge in [-0.05, 0) is 49.6 Å². The van der Waals surface area contributed by atoms with E-state index in [0.717, 1.165) is 16.3 Å². The summed E-state index contributed by atoms with van der Waals surface area (Å²) >= 11 is 0. The van der Waals surface area contributed by atoms with Crippen LogP contribution in [0.25, 0.3) is 10.8 Å². The van der Waals surface area contributed by atoms with E-state index in [1.54, 1.807) is 31.5 Å². The minimum Gasteiger partial charge on any atom is -0.496 e. The van der Waals surface area contributed by atoms with Gasteiger partial charge >= 0.3 is 0 Å². The number of aromatic nitrogens is 2. The summed E-state index contributed by atoms with van der Waals surface area (Å²) in [5, 5.41) is 10.0. The third kappa shape index (κ3) is 3.90. The number of hydrogen-bond acceptors (Lipinski definition) is 6. The lowest BCUT2D eigenvalue weighted by Gasteiger charge is -2.31. The fraction of sp³-hybridized carbons (Fsp3) is 0.333. The summed E-state index contributed by atoms with van der Waals surface area (Å²) in [6, 6.07) is 12.7. The van der Waals surface area contributed by atoms with E-state index in [-0.39, 0.29) is 11.0 Å². The standard InChI is InChI=1S/C21H23N3O4S/c1-15-13-18(7-8-20(15)27-2)29(25,26)24-11-9-17(10-12-24)28-21-19-6-4-3-5-16(19)14-22-23-21/h3-8,13-14,17H,9-12H2,1-2H3. The molecule has 1 fully saturated rings. The van der Waals surface area contributed by atoms with Crippen molar-refractivity contribution < 1.29 is 17.9 Å². The Balaban J connectivity index is 1.45. The van der Waals surface area contributed by atoms with E-state index in [9.17, 15) is 8.42 Å². The lowest BCUT2D eigenvalue weighted by molar-refractivity contribution is 0.130. The van der Waals surface area contributed by atoms with Gasteiger partial charge in [0.2, 0.25) is 15.9 Å². The van der Waals surface area contributed by atoms with E-state index < -0.39 is 10.0 Å². The Kier molecular flexibility index (Phi) is 5.38. The van der Waals surface area contributed by atoms with Crippen LogP contribution in [0.1, 0.15) is 18.4 Å². The highest BCUT2D eigenvalue weighted by molar-refractivity contribution is 7.89. The highest BCUT2D eigenvalue weighted by Crippen LogP contribution is 2.28. The van der Waals surface area contributed by atoms with Gasteiger partial charge in [-0.15, -0.1) is 5.10 Å². The first kappa shape index (κ1) is 19.6. The Hall–Kier alpha value is -2.71. The maximum absolute atomic E-state index is 13.0. The van der Waals surface area contributed by atoms with Crippen LogP contribution in [-0.2, 0) is 10.0 Å². The summed E-state index contributed by atoms with van der Waals surface area (Å²) < 4.78 is 38.8. The maximum Gasteiger partial charge on any atom is 0.243 e. The number of nitrogens with zero attached hydrogens (tertiary/aromatic N) is 3. The maximum atomic E-state index is 13.0. The minimum atomic E-state index is -3.55. The number of ether oxygens (including phenoxy) is 2. The zero-order valence-electron chi connectivity index (χ0n) is 16.4. The molecule has 2 aromatic carbocycles. The van der Waals surface area contributed by atoms with Crippen molar-refractivity contribution in [2.75, 3.05) is 20.2 Å². The molecule has 0 aliphatic carbocycles. The summed E-state index contributed by atoms with van der Waals surface area (Å²) in [5.74, 6) is 1.17. The molecule has 7 nitrogen and oxygen atoms in total. The third-order valence-electron chi connectivity index (χ3n) is 5.22. The van der Waals surface area contributed by atoms with E-state index in [0.29, 0.717) is 37.6 Å². The van der Waals surface area contributed by atoms with Crippen molar-refractivity contribution in [3.8, 4) is 11.6 Å². The third-order valence-corrected chi connectivity index (χ3v) is 7.11. The average Bonchev–Trinajstić information content (AvgIpc) is 2.74. The predicted octanol–water partition coefficient (Wildman–Crippen LogP) is 3.18. The molecule has 0 bridgehead atoms. The number of sulfonamides is 1. The van der Waals surface area contributed by atoms with Crippen LogP contribution in [0.3, 0.4) is 0 Å². The van der Waals surface area contributed by atoms with Crippen molar-refractivity contribution >= 4 is 20.8 Å². The molecule has 1 aliphatic rings. The molecule has 0 N–H and O–H groups in total. The van der Waals surface area contributed by atoms with Gasteiger partial charge in [0.15, 0.2) is 0 Å². The van der Waals surface area contributed by atoms with Gasteiger partial charge in [0.1, 0.15) is 11.9 Å². The highest BCUT2D eigenvalue weighted by Gasteiger charge is 2.31. The molecule has 3 aromatic rings. The van der Waals surface area contributed by atoms with Gasteiger partial charge in [-0.1, -0.05) is 18.2 Å². The number of rotatable bonds is 5. The van der Waals surface area contributed by atoms with Crippen LogP contribution < -0.4 is 9.47 Å². The summed E-state index contributed by atoms with van der Waals surface area (Å²) in [4.78, 5) is 0.287. The molecule has 0 saturated carbocycles. The molecule has 152 valence electrons. The molecule has 0 atom stereocenters. The number of benzene rings is 2. The molecule has 1 saturated heterocycles.